The molecule has 2 aromatic rings. The van der Waals surface area contributed by atoms with E-state index in [4.69, 9.17) is 4.74 Å². The lowest BCUT2D eigenvalue weighted by atomic mass is 10.2. The number of aromatic amines is 1. The first-order valence-corrected chi connectivity index (χ1v) is 7.70. The molecule has 0 aliphatic carbocycles. The molecule has 0 aromatic carbocycles. The average Bonchev–Trinajstić information content (AvgIpc) is 3.04. The largest absolute Gasteiger partial charge is 0.372 e. The number of piperazine rings is 1. The number of ether oxygens (including phenoxy) is 1. The van der Waals surface area contributed by atoms with E-state index in [9.17, 15) is 4.79 Å². The smallest absolute Gasteiger partial charge is 0.246 e. The Morgan fingerprint density at radius 3 is 2.92 bits per heavy atom. The van der Waals surface area contributed by atoms with Crippen molar-refractivity contribution < 1.29 is 9.53 Å². The van der Waals surface area contributed by atoms with Crippen molar-refractivity contribution in [1.82, 2.24) is 19.9 Å². The second kappa shape index (κ2) is 7.15. The molecule has 1 aliphatic heterocycles. The Balaban J connectivity index is 1.81. The molecule has 1 fully saturated rings. The van der Waals surface area contributed by atoms with Gasteiger partial charge in [0.2, 0.25) is 5.91 Å². The first kappa shape index (κ1) is 16.0. The Bertz CT molecular complexity index is 809. The SMILES string of the molecule is C=CC(=O)N1CCN(c2ncnc3[nH]c(C#CCOC)cc23)CC1. The molecule has 1 amide bonds. The molecule has 0 saturated carbocycles. The lowest BCUT2D eigenvalue weighted by Gasteiger charge is -2.35. The molecule has 24 heavy (non-hydrogen) atoms. The monoisotopic (exact) mass is 325 g/mol. The maximum Gasteiger partial charge on any atom is 0.246 e. The highest BCUT2D eigenvalue weighted by molar-refractivity contribution is 5.89. The molecular weight excluding hydrogens is 306 g/mol. The van der Waals surface area contributed by atoms with Gasteiger partial charge in [0.1, 0.15) is 24.4 Å². The van der Waals surface area contributed by atoms with Gasteiger partial charge in [0.05, 0.1) is 11.1 Å². The Morgan fingerprint density at radius 1 is 1.42 bits per heavy atom. The number of H-pyrrole nitrogens is 1. The summed E-state index contributed by atoms with van der Waals surface area (Å²) in [5, 5.41) is 0.933. The van der Waals surface area contributed by atoms with Crippen LogP contribution in [0.15, 0.2) is 25.0 Å². The molecule has 1 aliphatic rings. The molecule has 7 nitrogen and oxygen atoms in total. The molecule has 124 valence electrons. The number of rotatable bonds is 3. The number of hydrogen-bond acceptors (Lipinski definition) is 5. The van der Waals surface area contributed by atoms with Crippen molar-refractivity contribution >= 4 is 22.8 Å². The van der Waals surface area contributed by atoms with Crippen molar-refractivity contribution in [3.63, 3.8) is 0 Å². The number of carbonyl (C=O) groups excluding carboxylic acids is 1. The summed E-state index contributed by atoms with van der Waals surface area (Å²) < 4.78 is 4.93. The van der Waals surface area contributed by atoms with Crippen LogP contribution in [0.5, 0.6) is 0 Å². The molecule has 0 unspecified atom stereocenters. The van der Waals surface area contributed by atoms with E-state index in [0.717, 1.165) is 35.6 Å². The number of fused-ring (bicyclic) bond motifs is 1. The fourth-order valence-corrected chi connectivity index (χ4v) is 2.72. The predicted octanol–water partition coefficient (Wildman–Crippen LogP) is 0.790. The number of methoxy groups -OCH3 is 1. The van der Waals surface area contributed by atoms with Crippen LogP contribution in [-0.4, -0.2) is 65.7 Å². The van der Waals surface area contributed by atoms with Gasteiger partial charge in [-0.25, -0.2) is 9.97 Å². The zero-order valence-electron chi connectivity index (χ0n) is 13.6. The number of hydrogen-bond donors (Lipinski definition) is 1. The number of nitrogens with one attached hydrogen (secondary N) is 1. The standard InChI is InChI=1S/C17H19N5O2/c1-3-15(23)21-6-8-22(9-7-21)17-14-11-13(5-4-10-24-2)20-16(14)18-12-19-17/h3,11-12H,1,6-10H2,2H3,(H,18,19,20). The minimum atomic E-state index is -0.0279. The Hall–Kier alpha value is -2.85. The van der Waals surface area contributed by atoms with E-state index in [1.54, 1.807) is 18.3 Å². The minimum Gasteiger partial charge on any atom is -0.372 e. The van der Waals surface area contributed by atoms with Crippen molar-refractivity contribution in [3.8, 4) is 11.8 Å². The van der Waals surface area contributed by atoms with Crippen LogP contribution >= 0.6 is 0 Å². The van der Waals surface area contributed by atoms with Crippen molar-refractivity contribution in [2.45, 2.75) is 0 Å². The van der Waals surface area contributed by atoms with E-state index in [0.29, 0.717) is 19.7 Å². The van der Waals surface area contributed by atoms with E-state index >= 15 is 0 Å². The first-order chi connectivity index (χ1) is 11.7. The topological polar surface area (TPSA) is 74.4 Å². The summed E-state index contributed by atoms with van der Waals surface area (Å²) in [6.45, 7) is 6.67. The molecule has 0 bridgehead atoms. The lowest BCUT2D eigenvalue weighted by Crippen LogP contribution is -2.48. The fraction of sp³-hybridized carbons (Fsp3) is 0.353. The van der Waals surface area contributed by atoms with Crippen LogP contribution in [0.25, 0.3) is 11.0 Å². The third-order valence-electron chi connectivity index (χ3n) is 3.91. The van der Waals surface area contributed by atoms with Crippen LogP contribution in [0.1, 0.15) is 5.69 Å². The molecule has 1 saturated heterocycles. The van der Waals surface area contributed by atoms with Crippen LogP contribution in [0.3, 0.4) is 0 Å². The average molecular weight is 325 g/mol. The Morgan fingerprint density at radius 2 is 2.21 bits per heavy atom. The van der Waals surface area contributed by atoms with Gasteiger partial charge in [0, 0.05) is 33.3 Å². The van der Waals surface area contributed by atoms with Crippen molar-refractivity contribution in [1.29, 1.82) is 0 Å². The quantitative estimate of drug-likeness (QED) is 0.667. The Labute approximate surface area is 140 Å². The van der Waals surface area contributed by atoms with Gasteiger partial charge in [-0.1, -0.05) is 12.5 Å². The van der Waals surface area contributed by atoms with E-state index in [1.807, 2.05) is 6.07 Å². The highest BCUT2D eigenvalue weighted by Crippen LogP contribution is 2.24. The molecule has 0 spiro atoms. The summed E-state index contributed by atoms with van der Waals surface area (Å²) in [6, 6.07) is 1.95. The highest BCUT2D eigenvalue weighted by atomic mass is 16.5. The predicted molar refractivity (Wildman–Crippen MR) is 91.6 cm³/mol. The van der Waals surface area contributed by atoms with Gasteiger partial charge in [-0.05, 0) is 18.1 Å². The Kier molecular flexibility index (Phi) is 4.77. The first-order valence-electron chi connectivity index (χ1n) is 7.70. The van der Waals surface area contributed by atoms with Crippen LogP contribution < -0.4 is 4.90 Å². The molecule has 3 rings (SSSR count). The molecule has 1 N–H and O–H groups in total. The number of nitrogens with zero attached hydrogens (tertiary/aromatic N) is 4. The van der Waals surface area contributed by atoms with Crippen LogP contribution in [0, 0.1) is 11.8 Å². The molecular formula is C17H19N5O2. The summed E-state index contributed by atoms with van der Waals surface area (Å²) in [4.78, 5) is 27.5. The van der Waals surface area contributed by atoms with Crippen LogP contribution in [-0.2, 0) is 9.53 Å². The molecule has 2 aromatic heterocycles. The second-order valence-corrected chi connectivity index (χ2v) is 5.39. The van der Waals surface area contributed by atoms with E-state index in [-0.39, 0.29) is 5.91 Å². The fourth-order valence-electron chi connectivity index (χ4n) is 2.72. The minimum absolute atomic E-state index is 0.0279. The number of anilines is 1. The van der Waals surface area contributed by atoms with Gasteiger partial charge in [0.25, 0.3) is 0 Å². The summed E-state index contributed by atoms with van der Waals surface area (Å²) in [5.74, 6) is 6.77. The molecule has 0 radical (unpaired) electrons. The zero-order chi connectivity index (χ0) is 16.9. The summed E-state index contributed by atoms with van der Waals surface area (Å²) >= 11 is 0. The maximum absolute atomic E-state index is 11.7. The van der Waals surface area contributed by atoms with Gasteiger partial charge in [0.15, 0.2) is 0 Å². The third-order valence-corrected chi connectivity index (χ3v) is 3.91. The summed E-state index contributed by atoms with van der Waals surface area (Å²) in [5.41, 5.74) is 1.54. The lowest BCUT2D eigenvalue weighted by molar-refractivity contribution is -0.126. The number of aromatic nitrogens is 3. The molecule has 7 heteroatoms. The summed E-state index contributed by atoms with van der Waals surface area (Å²) in [7, 11) is 1.61. The van der Waals surface area contributed by atoms with Crippen molar-refractivity contribution in [3.05, 3.63) is 30.7 Å². The maximum atomic E-state index is 11.7. The molecule has 0 atom stereocenters. The van der Waals surface area contributed by atoms with Gasteiger partial charge in [-0.2, -0.15) is 0 Å². The van der Waals surface area contributed by atoms with E-state index in [2.05, 4.69) is 38.3 Å². The third kappa shape index (κ3) is 3.24. The molecule has 3 heterocycles. The summed E-state index contributed by atoms with van der Waals surface area (Å²) in [6.07, 6.45) is 2.90. The van der Waals surface area contributed by atoms with Crippen LogP contribution in [0.2, 0.25) is 0 Å². The number of amides is 1. The van der Waals surface area contributed by atoms with E-state index < -0.39 is 0 Å². The highest BCUT2D eigenvalue weighted by Gasteiger charge is 2.22. The number of carbonyl (C=O) groups is 1. The van der Waals surface area contributed by atoms with Crippen LogP contribution in [0.4, 0.5) is 5.82 Å². The van der Waals surface area contributed by atoms with Gasteiger partial charge < -0.3 is 19.5 Å². The van der Waals surface area contributed by atoms with Gasteiger partial charge in [-0.15, -0.1) is 0 Å². The van der Waals surface area contributed by atoms with Gasteiger partial charge >= 0.3 is 0 Å². The zero-order valence-corrected chi connectivity index (χ0v) is 13.6. The van der Waals surface area contributed by atoms with E-state index in [1.165, 1.54) is 6.08 Å². The second-order valence-electron chi connectivity index (χ2n) is 5.39. The van der Waals surface area contributed by atoms with Crippen molar-refractivity contribution in [2.75, 3.05) is 44.8 Å². The van der Waals surface area contributed by atoms with Gasteiger partial charge in [-0.3, -0.25) is 4.79 Å². The normalized spacial score (nSPS) is 14.4. The van der Waals surface area contributed by atoms with Crippen molar-refractivity contribution in [2.24, 2.45) is 0 Å².